The predicted molar refractivity (Wildman–Crippen MR) is 144 cm³/mol. The summed E-state index contributed by atoms with van der Waals surface area (Å²) in [6.45, 7) is 4.60. The van der Waals surface area contributed by atoms with Crippen molar-refractivity contribution in [1.82, 2.24) is 0 Å². The molecular formula is C29H42BrMg. The summed E-state index contributed by atoms with van der Waals surface area (Å²) in [5, 5.41) is 0. The Balaban J connectivity index is 0.00000341. The summed E-state index contributed by atoms with van der Waals surface area (Å²) in [6.07, 6.45) is 19.0. The van der Waals surface area contributed by atoms with Gasteiger partial charge in [0, 0.05) is 9.89 Å². The minimum Gasteiger partial charge on any atom is -0.0654 e. The van der Waals surface area contributed by atoms with E-state index in [0.717, 1.165) is 0 Å². The van der Waals surface area contributed by atoms with E-state index in [0.29, 0.717) is 0 Å². The Morgan fingerprint density at radius 1 is 0.710 bits per heavy atom. The fourth-order valence-electron chi connectivity index (χ4n) is 5.43. The maximum absolute atomic E-state index is 3.77. The van der Waals surface area contributed by atoms with E-state index < -0.39 is 0 Å². The molecule has 167 valence electrons. The van der Waals surface area contributed by atoms with Crippen molar-refractivity contribution in [3.8, 4) is 11.1 Å². The van der Waals surface area contributed by atoms with E-state index in [4.69, 9.17) is 0 Å². The van der Waals surface area contributed by atoms with Crippen molar-refractivity contribution >= 4 is 39.0 Å². The van der Waals surface area contributed by atoms with Gasteiger partial charge in [0.1, 0.15) is 0 Å². The molecule has 1 aliphatic rings. The standard InChI is InChI=1S/C29H40Br.Mg.2H/c1-3-5-7-9-11-15-21-29(22-16-12-10-8-6-4-2)27-18-14-13-17-25(27)26-20-19-24(30)23-28(26)29;;;/h13,17-20,23H,3-12,15-16,21-22H2,1-2H3;;;. The Morgan fingerprint density at radius 2 is 1.26 bits per heavy atom. The van der Waals surface area contributed by atoms with Crippen LogP contribution in [-0.2, 0) is 5.41 Å². The average molecular weight is 495 g/mol. The molecule has 0 saturated carbocycles. The molecular weight excluding hydrogens is 453 g/mol. The molecule has 0 unspecified atom stereocenters. The molecule has 2 aromatic carbocycles. The van der Waals surface area contributed by atoms with Gasteiger partial charge in [0.15, 0.2) is 0 Å². The smallest absolute Gasteiger partial charge is 0.0654 e. The van der Waals surface area contributed by atoms with E-state index in [-0.39, 0.29) is 28.5 Å². The quantitative estimate of drug-likeness (QED) is 0.181. The van der Waals surface area contributed by atoms with Crippen molar-refractivity contribution in [2.45, 2.75) is 109 Å². The van der Waals surface area contributed by atoms with E-state index in [2.05, 4.69) is 72.2 Å². The van der Waals surface area contributed by atoms with Gasteiger partial charge in [0.25, 0.3) is 0 Å². The van der Waals surface area contributed by atoms with Gasteiger partial charge < -0.3 is 0 Å². The molecule has 0 nitrogen and oxygen atoms in total. The summed E-state index contributed by atoms with van der Waals surface area (Å²) in [6, 6.07) is 17.1. The second kappa shape index (κ2) is 14.1. The lowest BCUT2D eigenvalue weighted by Crippen LogP contribution is -2.25. The minimum absolute atomic E-state index is 0. The highest BCUT2D eigenvalue weighted by Crippen LogP contribution is 2.54. The highest BCUT2D eigenvalue weighted by molar-refractivity contribution is 9.10. The number of benzene rings is 2. The van der Waals surface area contributed by atoms with E-state index in [9.17, 15) is 0 Å². The van der Waals surface area contributed by atoms with Crippen molar-refractivity contribution < 1.29 is 0 Å². The summed E-state index contributed by atoms with van der Waals surface area (Å²) in [7, 11) is 0. The summed E-state index contributed by atoms with van der Waals surface area (Å²) >= 11 is 3.77. The normalized spacial score (nSPS) is 13.5. The third-order valence-corrected chi connectivity index (χ3v) is 7.57. The number of rotatable bonds is 14. The maximum Gasteiger partial charge on any atom is 0.316 e. The van der Waals surface area contributed by atoms with Crippen LogP contribution >= 0.6 is 15.9 Å². The zero-order valence-electron chi connectivity index (χ0n) is 19.2. The van der Waals surface area contributed by atoms with Crippen molar-refractivity contribution in [1.29, 1.82) is 0 Å². The first-order valence-corrected chi connectivity index (χ1v) is 13.3. The summed E-state index contributed by atoms with van der Waals surface area (Å²) in [4.78, 5) is 0. The van der Waals surface area contributed by atoms with Gasteiger partial charge in [0.05, 0.1) is 0 Å². The molecule has 31 heavy (non-hydrogen) atoms. The van der Waals surface area contributed by atoms with Gasteiger partial charge in [-0.3, -0.25) is 0 Å². The topological polar surface area (TPSA) is 0 Å². The predicted octanol–water partition coefficient (Wildman–Crippen LogP) is 9.10. The molecule has 2 heteroatoms. The first-order chi connectivity index (χ1) is 14.7. The van der Waals surface area contributed by atoms with Gasteiger partial charge in [-0.2, -0.15) is 0 Å². The van der Waals surface area contributed by atoms with E-state index >= 15 is 0 Å². The van der Waals surface area contributed by atoms with Gasteiger partial charge in [-0.15, -0.1) is 0 Å². The Morgan fingerprint density at radius 3 is 1.87 bits per heavy atom. The Kier molecular flexibility index (Phi) is 12.2. The molecule has 0 heterocycles. The van der Waals surface area contributed by atoms with Crippen molar-refractivity contribution in [3.63, 3.8) is 0 Å². The first-order valence-electron chi connectivity index (χ1n) is 12.5. The van der Waals surface area contributed by atoms with Crippen LogP contribution in [-0.4, -0.2) is 23.1 Å². The lowest BCUT2D eigenvalue weighted by Gasteiger charge is -2.33. The van der Waals surface area contributed by atoms with Crippen LogP contribution in [0.15, 0.2) is 40.9 Å². The zero-order valence-corrected chi connectivity index (χ0v) is 20.8. The van der Waals surface area contributed by atoms with Crippen LogP contribution in [0, 0.1) is 6.07 Å². The first kappa shape index (κ1) is 26.9. The maximum atomic E-state index is 3.77. The second-order valence-corrected chi connectivity index (χ2v) is 10.2. The largest absolute Gasteiger partial charge is 0.316 e. The SMILES string of the molecule is CCCCCCCCC1(CCCCCCCC)c2c[c]ccc2-c2ccc(Br)cc21.[MgH2]. The van der Waals surface area contributed by atoms with Crippen LogP contribution in [0.5, 0.6) is 0 Å². The van der Waals surface area contributed by atoms with Crippen molar-refractivity contribution in [2.24, 2.45) is 0 Å². The molecule has 0 fully saturated rings. The van der Waals surface area contributed by atoms with Crippen molar-refractivity contribution in [2.75, 3.05) is 0 Å². The number of unbranched alkanes of at least 4 members (excludes halogenated alkanes) is 10. The van der Waals surface area contributed by atoms with Crippen LogP contribution < -0.4 is 0 Å². The zero-order chi connectivity index (χ0) is 21.2. The van der Waals surface area contributed by atoms with Crippen LogP contribution in [0.2, 0.25) is 0 Å². The minimum atomic E-state index is 0. The lowest BCUT2D eigenvalue weighted by molar-refractivity contribution is 0.397. The van der Waals surface area contributed by atoms with E-state index in [1.807, 2.05) is 0 Å². The van der Waals surface area contributed by atoms with Crippen LogP contribution in [0.1, 0.15) is 115 Å². The highest BCUT2D eigenvalue weighted by atomic mass is 79.9. The van der Waals surface area contributed by atoms with Crippen LogP contribution in [0.25, 0.3) is 11.1 Å². The summed E-state index contributed by atoms with van der Waals surface area (Å²) in [5.41, 5.74) is 6.20. The monoisotopic (exact) mass is 493 g/mol. The molecule has 2 aromatic rings. The van der Waals surface area contributed by atoms with Gasteiger partial charge in [0.2, 0.25) is 0 Å². The molecule has 0 N–H and O–H groups in total. The lowest BCUT2D eigenvalue weighted by atomic mass is 9.70. The number of halogens is 1. The second-order valence-electron chi connectivity index (χ2n) is 9.28. The highest BCUT2D eigenvalue weighted by Gasteiger charge is 2.42. The Labute approximate surface area is 216 Å². The molecule has 0 saturated heterocycles. The molecule has 0 atom stereocenters. The number of hydrogen-bond acceptors (Lipinski definition) is 0. The van der Waals surface area contributed by atoms with Gasteiger partial charge in [-0.1, -0.05) is 125 Å². The summed E-state index contributed by atoms with van der Waals surface area (Å²) < 4.78 is 1.22. The molecule has 0 aromatic heterocycles. The fourth-order valence-corrected chi connectivity index (χ4v) is 5.79. The van der Waals surface area contributed by atoms with E-state index in [1.54, 1.807) is 11.1 Å². The fraction of sp³-hybridized carbons (Fsp3) is 0.586. The van der Waals surface area contributed by atoms with Crippen LogP contribution in [0.4, 0.5) is 0 Å². The van der Waals surface area contributed by atoms with Gasteiger partial charge in [-0.05, 0) is 59.4 Å². The van der Waals surface area contributed by atoms with Gasteiger partial charge >= 0.3 is 23.1 Å². The Bertz CT molecular complexity index is 766. The summed E-state index contributed by atoms with van der Waals surface area (Å²) in [5.74, 6) is 0. The molecule has 3 rings (SSSR count). The number of fused-ring (bicyclic) bond motifs is 3. The molecule has 0 bridgehead atoms. The third kappa shape index (κ3) is 6.84. The molecule has 0 amide bonds. The molecule has 1 aliphatic carbocycles. The molecule has 0 aliphatic heterocycles. The van der Waals surface area contributed by atoms with E-state index in [1.165, 1.54) is 105 Å². The van der Waals surface area contributed by atoms with Gasteiger partial charge in [-0.25, -0.2) is 0 Å². The van der Waals surface area contributed by atoms with Crippen molar-refractivity contribution in [3.05, 3.63) is 58.1 Å². The third-order valence-electron chi connectivity index (χ3n) is 7.08. The van der Waals surface area contributed by atoms with Crippen LogP contribution in [0.3, 0.4) is 0 Å². The average Bonchev–Trinajstić information content (AvgIpc) is 3.03. The Hall–Kier alpha value is -0.314. The molecule has 0 spiro atoms. The molecule has 1 radical (unpaired) electrons. The number of hydrogen-bond donors (Lipinski definition) is 0.